The molecule has 2 aromatic heterocycles. The minimum Gasteiger partial charge on any atom is -0.460 e. The van der Waals surface area contributed by atoms with Gasteiger partial charge in [-0.25, -0.2) is 14.8 Å². The highest BCUT2D eigenvalue weighted by atomic mass is 32.1. The standard InChI is InChI=1S/C11H10N4O2S/c1-3-4-5-17-11(16)8-7(2)14-10(18-8)9-12-6-13-15-9/h1,6H,4-5H2,2H3,(H,12,13,15). The van der Waals surface area contributed by atoms with Crippen molar-refractivity contribution in [2.75, 3.05) is 6.61 Å². The molecule has 7 heteroatoms. The van der Waals surface area contributed by atoms with Gasteiger partial charge in [-0.15, -0.1) is 23.7 Å². The van der Waals surface area contributed by atoms with Crippen LogP contribution in [0.5, 0.6) is 0 Å². The van der Waals surface area contributed by atoms with Crippen molar-refractivity contribution in [1.29, 1.82) is 0 Å². The Hall–Kier alpha value is -2.20. The second-order valence-electron chi connectivity index (χ2n) is 3.36. The Morgan fingerprint density at radius 2 is 2.50 bits per heavy atom. The highest BCUT2D eigenvalue weighted by molar-refractivity contribution is 7.16. The van der Waals surface area contributed by atoms with Crippen LogP contribution in [-0.2, 0) is 4.74 Å². The van der Waals surface area contributed by atoms with E-state index in [1.807, 2.05) is 0 Å². The zero-order valence-electron chi connectivity index (χ0n) is 9.64. The van der Waals surface area contributed by atoms with Crippen LogP contribution in [0.1, 0.15) is 21.8 Å². The third-order valence-electron chi connectivity index (χ3n) is 2.08. The van der Waals surface area contributed by atoms with Crippen LogP contribution in [-0.4, -0.2) is 32.7 Å². The van der Waals surface area contributed by atoms with E-state index in [1.165, 1.54) is 17.7 Å². The summed E-state index contributed by atoms with van der Waals surface area (Å²) in [5.74, 6) is 2.53. The molecular weight excluding hydrogens is 252 g/mol. The lowest BCUT2D eigenvalue weighted by Crippen LogP contribution is -2.05. The molecule has 0 aromatic carbocycles. The fraction of sp³-hybridized carbons (Fsp3) is 0.273. The molecule has 1 N–H and O–H groups in total. The number of carbonyl (C=O) groups excluding carboxylic acids is 1. The first-order valence-electron chi connectivity index (χ1n) is 5.16. The number of hydrogen-bond acceptors (Lipinski definition) is 6. The second-order valence-corrected chi connectivity index (χ2v) is 4.36. The number of carbonyl (C=O) groups is 1. The first kappa shape index (κ1) is 12.3. The van der Waals surface area contributed by atoms with Gasteiger partial charge in [0, 0.05) is 6.42 Å². The van der Waals surface area contributed by atoms with E-state index in [9.17, 15) is 4.79 Å². The third-order valence-corrected chi connectivity index (χ3v) is 3.22. The largest absolute Gasteiger partial charge is 0.460 e. The third kappa shape index (κ3) is 2.55. The predicted octanol–water partition coefficient (Wildman–Crippen LogP) is 1.42. The number of aromatic amines is 1. The van der Waals surface area contributed by atoms with Gasteiger partial charge in [0.2, 0.25) is 0 Å². The van der Waals surface area contributed by atoms with Gasteiger partial charge >= 0.3 is 5.97 Å². The molecule has 0 aliphatic heterocycles. The molecule has 0 unspecified atom stereocenters. The molecule has 2 rings (SSSR count). The van der Waals surface area contributed by atoms with Crippen LogP contribution in [0.2, 0.25) is 0 Å². The Labute approximate surface area is 107 Å². The summed E-state index contributed by atoms with van der Waals surface area (Å²) in [6, 6.07) is 0. The van der Waals surface area contributed by atoms with Gasteiger partial charge in [-0.3, -0.25) is 5.10 Å². The van der Waals surface area contributed by atoms with Crippen molar-refractivity contribution in [3.8, 4) is 23.2 Å². The minimum atomic E-state index is -0.411. The predicted molar refractivity (Wildman–Crippen MR) is 66.0 cm³/mol. The number of H-pyrrole nitrogens is 1. The Morgan fingerprint density at radius 3 is 3.17 bits per heavy atom. The van der Waals surface area contributed by atoms with Gasteiger partial charge in [0.1, 0.15) is 17.8 Å². The SMILES string of the molecule is C#CCCOC(=O)c1sc(-c2ncn[nH]2)nc1C. The van der Waals surface area contributed by atoms with Crippen LogP contribution >= 0.6 is 11.3 Å². The maximum Gasteiger partial charge on any atom is 0.350 e. The van der Waals surface area contributed by atoms with Crippen molar-refractivity contribution in [2.45, 2.75) is 13.3 Å². The van der Waals surface area contributed by atoms with Crippen LogP contribution in [0.3, 0.4) is 0 Å². The van der Waals surface area contributed by atoms with E-state index in [0.29, 0.717) is 27.8 Å². The van der Waals surface area contributed by atoms with Crippen molar-refractivity contribution in [3.63, 3.8) is 0 Å². The maximum absolute atomic E-state index is 11.8. The van der Waals surface area contributed by atoms with Gasteiger partial charge in [-0.2, -0.15) is 5.10 Å². The van der Waals surface area contributed by atoms with Crippen LogP contribution < -0.4 is 0 Å². The average molecular weight is 262 g/mol. The van der Waals surface area contributed by atoms with Crippen molar-refractivity contribution in [3.05, 3.63) is 16.9 Å². The van der Waals surface area contributed by atoms with Crippen LogP contribution in [0.4, 0.5) is 0 Å². The minimum absolute atomic E-state index is 0.213. The molecule has 2 heterocycles. The van der Waals surface area contributed by atoms with E-state index >= 15 is 0 Å². The highest BCUT2D eigenvalue weighted by Crippen LogP contribution is 2.25. The van der Waals surface area contributed by atoms with E-state index in [0.717, 1.165) is 0 Å². The Bertz CT molecular complexity index is 583. The van der Waals surface area contributed by atoms with E-state index in [2.05, 4.69) is 26.1 Å². The Kier molecular flexibility index (Phi) is 3.69. The lowest BCUT2D eigenvalue weighted by molar-refractivity contribution is 0.0518. The molecule has 0 aliphatic rings. The van der Waals surface area contributed by atoms with E-state index in [4.69, 9.17) is 11.2 Å². The van der Waals surface area contributed by atoms with Gasteiger partial charge in [-0.05, 0) is 6.92 Å². The molecular formula is C11H10N4O2S. The molecule has 92 valence electrons. The van der Waals surface area contributed by atoms with Gasteiger partial charge < -0.3 is 4.74 Å². The summed E-state index contributed by atoms with van der Waals surface area (Å²) < 4.78 is 5.02. The summed E-state index contributed by atoms with van der Waals surface area (Å²) in [4.78, 5) is 20.4. The van der Waals surface area contributed by atoms with Crippen molar-refractivity contribution < 1.29 is 9.53 Å². The summed E-state index contributed by atoms with van der Waals surface area (Å²) >= 11 is 1.21. The number of aryl methyl sites for hydroxylation is 1. The number of nitrogens with one attached hydrogen (secondary N) is 1. The lowest BCUT2D eigenvalue weighted by atomic mass is 10.4. The fourth-order valence-corrected chi connectivity index (χ4v) is 2.17. The van der Waals surface area contributed by atoms with E-state index < -0.39 is 5.97 Å². The molecule has 0 aliphatic carbocycles. The number of ether oxygens (including phenoxy) is 1. The number of aromatic nitrogens is 4. The summed E-state index contributed by atoms with van der Waals surface area (Å²) in [7, 11) is 0. The molecule has 2 aromatic rings. The number of terminal acetylenes is 1. The lowest BCUT2D eigenvalue weighted by Gasteiger charge is -1.99. The summed E-state index contributed by atoms with van der Waals surface area (Å²) in [5, 5.41) is 7.03. The number of hydrogen-bond donors (Lipinski definition) is 1. The smallest absolute Gasteiger partial charge is 0.350 e. The van der Waals surface area contributed by atoms with Crippen LogP contribution in [0.25, 0.3) is 10.8 Å². The van der Waals surface area contributed by atoms with Crippen LogP contribution in [0, 0.1) is 19.3 Å². The molecule has 0 spiro atoms. The van der Waals surface area contributed by atoms with E-state index in [-0.39, 0.29) is 6.61 Å². The summed E-state index contributed by atoms with van der Waals surface area (Å²) in [6.07, 6.45) is 6.87. The van der Waals surface area contributed by atoms with Crippen molar-refractivity contribution in [1.82, 2.24) is 20.2 Å². The summed E-state index contributed by atoms with van der Waals surface area (Å²) in [6.45, 7) is 1.96. The molecule has 0 amide bonds. The molecule has 0 atom stereocenters. The zero-order chi connectivity index (χ0) is 13.0. The van der Waals surface area contributed by atoms with Crippen LogP contribution in [0.15, 0.2) is 6.33 Å². The molecule has 0 radical (unpaired) electrons. The van der Waals surface area contributed by atoms with Gasteiger partial charge in [0.25, 0.3) is 0 Å². The number of thiazole rings is 1. The first-order valence-corrected chi connectivity index (χ1v) is 5.97. The maximum atomic E-state index is 11.8. The van der Waals surface area contributed by atoms with Gasteiger partial charge in [0.05, 0.1) is 5.69 Å². The molecule has 0 saturated heterocycles. The fourth-order valence-electron chi connectivity index (χ4n) is 1.26. The molecule has 6 nitrogen and oxygen atoms in total. The number of nitrogens with zero attached hydrogens (tertiary/aromatic N) is 3. The topological polar surface area (TPSA) is 80.8 Å². The molecule has 0 saturated carbocycles. The zero-order valence-corrected chi connectivity index (χ0v) is 10.5. The molecule has 0 bridgehead atoms. The number of rotatable bonds is 4. The Balaban J connectivity index is 2.15. The molecule has 0 fully saturated rings. The highest BCUT2D eigenvalue weighted by Gasteiger charge is 2.18. The second kappa shape index (κ2) is 5.42. The van der Waals surface area contributed by atoms with Crippen molar-refractivity contribution in [2.24, 2.45) is 0 Å². The van der Waals surface area contributed by atoms with Gasteiger partial charge in [0.15, 0.2) is 10.8 Å². The van der Waals surface area contributed by atoms with Crippen molar-refractivity contribution >= 4 is 17.3 Å². The first-order chi connectivity index (χ1) is 8.72. The normalized spacial score (nSPS) is 10.0. The average Bonchev–Trinajstić information content (AvgIpc) is 2.97. The quantitative estimate of drug-likeness (QED) is 0.512. The Morgan fingerprint density at radius 1 is 1.67 bits per heavy atom. The number of esters is 1. The summed E-state index contributed by atoms with van der Waals surface area (Å²) in [5.41, 5.74) is 0.608. The van der Waals surface area contributed by atoms with E-state index in [1.54, 1.807) is 6.92 Å². The van der Waals surface area contributed by atoms with Gasteiger partial charge in [-0.1, -0.05) is 0 Å². The molecule has 18 heavy (non-hydrogen) atoms. The monoisotopic (exact) mass is 262 g/mol.